The van der Waals surface area contributed by atoms with E-state index in [1.165, 1.54) is 5.56 Å². The van der Waals surface area contributed by atoms with E-state index in [0.29, 0.717) is 6.54 Å². The Kier molecular flexibility index (Phi) is 4.00. The summed E-state index contributed by atoms with van der Waals surface area (Å²) in [7, 11) is 0. The van der Waals surface area contributed by atoms with Gasteiger partial charge in [-0.15, -0.1) is 10.2 Å². The topological polar surface area (TPSA) is 50.9 Å². The third-order valence-electron chi connectivity index (χ3n) is 5.25. The third-order valence-corrected chi connectivity index (χ3v) is 5.50. The first kappa shape index (κ1) is 15.5. The molecule has 1 aliphatic rings. The fraction of sp³-hybridized carbons (Fsp3) is 0.529. The van der Waals surface area contributed by atoms with Gasteiger partial charge in [-0.2, -0.15) is 0 Å². The molecule has 22 heavy (non-hydrogen) atoms. The predicted octanol–water partition coefficient (Wildman–Crippen LogP) is 3.34. The highest BCUT2D eigenvalue weighted by molar-refractivity contribution is 6.30. The molecule has 0 radical (unpaired) electrons. The van der Waals surface area contributed by atoms with Crippen molar-refractivity contribution < 1.29 is 5.11 Å². The molecule has 3 rings (SSSR count). The lowest BCUT2D eigenvalue weighted by molar-refractivity contribution is -0.0885. The van der Waals surface area contributed by atoms with Crippen molar-refractivity contribution in [2.24, 2.45) is 11.3 Å². The molecule has 0 bridgehead atoms. The average molecular weight is 320 g/mol. The van der Waals surface area contributed by atoms with Gasteiger partial charge in [0.1, 0.15) is 12.7 Å². The number of aliphatic hydroxyl groups is 1. The zero-order chi connectivity index (χ0) is 15.8. The van der Waals surface area contributed by atoms with Crippen molar-refractivity contribution in [2.45, 2.75) is 45.3 Å². The molecule has 5 heteroatoms. The summed E-state index contributed by atoms with van der Waals surface area (Å²) in [4.78, 5) is 0. The maximum absolute atomic E-state index is 11.5. The Morgan fingerprint density at radius 3 is 2.50 bits per heavy atom. The van der Waals surface area contributed by atoms with Crippen molar-refractivity contribution in [1.82, 2.24) is 14.8 Å². The molecule has 0 saturated heterocycles. The molecule has 1 aromatic carbocycles. The zero-order valence-corrected chi connectivity index (χ0v) is 13.8. The first-order valence-corrected chi connectivity index (χ1v) is 8.08. The molecule has 1 aromatic heterocycles. The Labute approximate surface area is 136 Å². The monoisotopic (exact) mass is 319 g/mol. The fourth-order valence-electron chi connectivity index (χ4n) is 3.64. The second-order valence-electron chi connectivity index (χ2n) is 7.01. The molecule has 2 aromatic rings. The van der Waals surface area contributed by atoms with Gasteiger partial charge in [0.05, 0.1) is 12.1 Å². The first-order chi connectivity index (χ1) is 10.4. The number of hydrogen-bond donors (Lipinski definition) is 1. The molecule has 1 saturated carbocycles. The summed E-state index contributed by atoms with van der Waals surface area (Å²) >= 11 is 5.96. The highest BCUT2D eigenvalue weighted by Crippen LogP contribution is 2.51. The highest BCUT2D eigenvalue weighted by atomic mass is 35.5. The van der Waals surface area contributed by atoms with Crippen molar-refractivity contribution in [2.75, 3.05) is 0 Å². The SMILES string of the molecule is CC1(C)CCC(Cc2ccc(Cl)cc2)C1(O)Cn1cnnc1. The van der Waals surface area contributed by atoms with Crippen molar-refractivity contribution >= 4 is 11.6 Å². The van der Waals surface area contributed by atoms with Crippen LogP contribution in [-0.4, -0.2) is 25.5 Å². The minimum Gasteiger partial charge on any atom is -0.387 e. The molecule has 1 fully saturated rings. The van der Waals surface area contributed by atoms with Crippen LogP contribution in [0.4, 0.5) is 0 Å². The molecule has 1 heterocycles. The molecule has 0 spiro atoms. The van der Waals surface area contributed by atoms with Crippen LogP contribution in [0.5, 0.6) is 0 Å². The molecule has 1 N–H and O–H groups in total. The predicted molar refractivity (Wildman–Crippen MR) is 86.6 cm³/mol. The van der Waals surface area contributed by atoms with E-state index in [2.05, 4.69) is 24.0 Å². The molecular formula is C17H22ClN3O. The van der Waals surface area contributed by atoms with Crippen LogP contribution >= 0.6 is 11.6 Å². The quantitative estimate of drug-likeness (QED) is 0.940. The van der Waals surface area contributed by atoms with E-state index in [1.807, 2.05) is 28.8 Å². The van der Waals surface area contributed by atoms with Crippen LogP contribution in [0.25, 0.3) is 0 Å². The van der Waals surface area contributed by atoms with Crippen LogP contribution in [0.3, 0.4) is 0 Å². The van der Waals surface area contributed by atoms with Gasteiger partial charge in [-0.3, -0.25) is 0 Å². The highest BCUT2D eigenvalue weighted by Gasteiger charge is 2.53. The Morgan fingerprint density at radius 2 is 1.86 bits per heavy atom. The molecule has 118 valence electrons. The van der Waals surface area contributed by atoms with Gasteiger partial charge in [-0.05, 0) is 48.3 Å². The standard InChI is InChI=1S/C17H22ClN3O/c1-16(2)8-7-14(9-13-3-5-15(18)6-4-13)17(16,22)10-21-11-19-20-12-21/h3-6,11-12,14,22H,7-10H2,1-2H3. The van der Waals surface area contributed by atoms with Gasteiger partial charge in [0.2, 0.25) is 0 Å². The fourth-order valence-corrected chi connectivity index (χ4v) is 3.77. The normalized spacial score (nSPS) is 27.2. The van der Waals surface area contributed by atoms with E-state index in [9.17, 15) is 5.11 Å². The Morgan fingerprint density at radius 1 is 1.23 bits per heavy atom. The number of aromatic nitrogens is 3. The van der Waals surface area contributed by atoms with E-state index < -0.39 is 5.60 Å². The van der Waals surface area contributed by atoms with E-state index >= 15 is 0 Å². The van der Waals surface area contributed by atoms with E-state index in [-0.39, 0.29) is 11.3 Å². The number of rotatable bonds is 4. The van der Waals surface area contributed by atoms with Gasteiger partial charge in [-0.1, -0.05) is 37.6 Å². The summed E-state index contributed by atoms with van der Waals surface area (Å²) in [6.45, 7) is 4.84. The van der Waals surface area contributed by atoms with Crippen LogP contribution < -0.4 is 0 Å². The number of nitrogens with zero attached hydrogens (tertiary/aromatic N) is 3. The molecule has 2 atom stereocenters. The van der Waals surface area contributed by atoms with Crippen LogP contribution in [0.1, 0.15) is 32.3 Å². The van der Waals surface area contributed by atoms with Gasteiger partial charge in [0.25, 0.3) is 0 Å². The molecule has 0 aliphatic heterocycles. The molecule has 1 aliphatic carbocycles. The summed E-state index contributed by atoms with van der Waals surface area (Å²) in [5.41, 5.74) is 0.318. The van der Waals surface area contributed by atoms with Crippen LogP contribution in [-0.2, 0) is 13.0 Å². The largest absolute Gasteiger partial charge is 0.387 e. The van der Waals surface area contributed by atoms with Crippen molar-refractivity contribution in [3.63, 3.8) is 0 Å². The van der Waals surface area contributed by atoms with E-state index in [4.69, 9.17) is 11.6 Å². The zero-order valence-electron chi connectivity index (χ0n) is 13.0. The Hall–Kier alpha value is -1.39. The van der Waals surface area contributed by atoms with Gasteiger partial charge < -0.3 is 9.67 Å². The van der Waals surface area contributed by atoms with Gasteiger partial charge in [-0.25, -0.2) is 0 Å². The van der Waals surface area contributed by atoms with E-state index in [0.717, 1.165) is 24.3 Å². The lowest BCUT2D eigenvalue weighted by atomic mass is 9.72. The molecule has 2 unspecified atom stereocenters. The summed E-state index contributed by atoms with van der Waals surface area (Å²) in [5, 5.41) is 19.9. The smallest absolute Gasteiger partial charge is 0.119 e. The first-order valence-electron chi connectivity index (χ1n) is 7.70. The number of hydrogen-bond acceptors (Lipinski definition) is 3. The number of halogens is 1. The van der Waals surface area contributed by atoms with Crippen LogP contribution in [0.2, 0.25) is 5.02 Å². The second kappa shape index (κ2) is 5.67. The van der Waals surface area contributed by atoms with E-state index in [1.54, 1.807) is 12.7 Å². The maximum atomic E-state index is 11.5. The van der Waals surface area contributed by atoms with Crippen LogP contribution in [0, 0.1) is 11.3 Å². The second-order valence-corrected chi connectivity index (χ2v) is 7.44. The maximum Gasteiger partial charge on any atom is 0.119 e. The molecular weight excluding hydrogens is 298 g/mol. The van der Waals surface area contributed by atoms with Crippen molar-refractivity contribution in [3.05, 3.63) is 47.5 Å². The van der Waals surface area contributed by atoms with Gasteiger partial charge >= 0.3 is 0 Å². The lowest BCUT2D eigenvalue weighted by Crippen LogP contribution is -2.49. The minimum atomic E-state index is -0.769. The lowest BCUT2D eigenvalue weighted by Gasteiger charge is -2.41. The summed E-state index contributed by atoms with van der Waals surface area (Å²) < 4.78 is 1.88. The summed E-state index contributed by atoms with van der Waals surface area (Å²) in [6, 6.07) is 7.92. The van der Waals surface area contributed by atoms with Crippen molar-refractivity contribution in [3.8, 4) is 0 Å². The van der Waals surface area contributed by atoms with Gasteiger partial charge in [0, 0.05) is 5.02 Å². The third kappa shape index (κ3) is 2.77. The molecule has 4 nitrogen and oxygen atoms in total. The Balaban J connectivity index is 1.84. The minimum absolute atomic E-state index is 0.131. The molecule has 0 amide bonds. The van der Waals surface area contributed by atoms with Crippen molar-refractivity contribution in [1.29, 1.82) is 0 Å². The summed E-state index contributed by atoms with van der Waals surface area (Å²) in [5.74, 6) is 0.214. The van der Waals surface area contributed by atoms with Crippen LogP contribution in [0.15, 0.2) is 36.9 Å². The summed E-state index contributed by atoms with van der Waals surface area (Å²) in [6.07, 6.45) is 6.24. The number of benzene rings is 1. The van der Waals surface area contributed by atoms with Gasteiger partial charge in [0.15, 0.2) is 0 Å². The average Bonchev–Trinajstić information content (AvgIpc) is 3.04. The Bertz CT molecular complexity index is 624.